The number of ketones is 1. The van der Waals surface area contributed by atoms with E-state index in [1.807, 2.05) is 18.4 Å². The van der Waals surface area contributed by atoms with Crippen molar-refractivity contribution in [2.75, 3.05) is 0 Å². The van der Waals surface area contributed by atoms with Gasteiger partial charge in [0.15, 0.2) is 5.78 Å². The van der Waals surface area contributed by atoms with Crippen molar-refractivity contribution in [1.29, 1.82) is 0 Å². The Bertz CT molecular complexity index is 786. The van der Waals surface area contributed by atoms with Crippen molar-refractivity contribution in [3.63, 3.8) is 0 Å². The summed E-state index contributed by atoms with van der Waals surface area (Å²) in [6.07, 6.45) is 1.54. The summed E-state index contributed by atoms with van der Waals surface area (Å²) >= 11 is 8.90. The van der Waals surface area contributed by atoms with Crippen LogP contribution in [0.3, 0.4) is 0 Å². The molecule has 21 heavy (non-hydrogen) atoms. The number of benzene rings is 1. The van der Waals surface area contributed by atoms with Gasteiger partial charge in [0, 0.05) is 10.6 Å². The van der Waals surface area contributed by atoms with Crippen molar-refractivity contribution < 1.29 is 4.79 Å². The summed E-state index contributed by atoms with van der Waals surface area (Å²) in [5.74, 6) is 0.0694. The van der Waals surface area contributed by atoms with Crippen LogP contribution in [-0.2, 0) is 0 Å². The van der Waals surface area contributed by atoms with Crippen LogP contribution in [0, 0.1) is 0 Å². The van der Waals surface area contributed by atoms with E-state index in [0.717, 1.165) is 15.2 Å². The maximum atomic E-state index is 12.4. The highest BCUT2D eigenvalue weighted by atomic mass is 35.5. The van der Waals surface area contributed by atoms with Gasteiger partial charge in [-0.15, -0.1) is 11.3 Å². The van der Waals surface area contributed by atoms with Gasteiger partial charge in [-0.1, -0.05) is 23.4 Å². The highest BCUT2D eigenvalue weighted by Crippen LogP contribution is 2.32. The maximum absolute atomic E-state index is 12.4. The van der Waals surface area contributed by atoms with Gasteiger partial charge in [-0.2, -0.15) is 0 Å². The summed E-state index contributed by atoms with van der Waals surface area (Å²) < 4.78 is 1.03. The molecule has 0 aliphatic rings. The zero-order valence-electron chi connectivity index (χ0n) is 11.1. The fourth-order valence-corrected chi connectivity index (χ4v) is 3.96. The van der Waals surface area contributed by atoms with Gasteiger partial charge >= 0.3 is 0 Å². The molecule has 0 radical (unpaired) electrons. The van der Waals surface area contributed by atoms with Crippen LogP contribution in [0.15, 0.2) is 47.1 Å². The van der Waals surface area contributed by atoms with Crippen molar-refractivity contribution in [2.24, 2.45) is 0 Å². The second kappa shape index (κ2) is 6.13. The third-order valence-corrected chi connectivity index (χ3v) is 5.39. The minimum Gasteiger partial charge on any atom is -0.293 e. The Kier molecular flexibility index (Phi) is 4.24. The molecule has 3 aromatic rings. The van der Waals surface area contributed by atoms with Gasteiger partial charge in [0.05, 0.1) is 15.5 Å². The molecule has 0 unspecified atom stereocenters. The number of hydrogen-bond acceptors (Lipinski definition) is 5. The molecule has 1 atom stereocenters. The number of hydrogen-bond donors (Lipinski definition) is 0. The van der Waals surface area contributed by atoms with E-state index in [2.05, 4.69) is 9.97 Å². The number of Topliss-reactive ketones (excluding diaryl/α,β-unsaturated/α-hetero) is 1. The van der Waals surface area contributed by atoms with Crippen molar-refractivity contribution in [2.45, 2.75) is 17.2 Å². The molecule has 0 aliphatic carbocycles. The van der Waals surface area contributed by atoms with Crippen molar-refractivity contribution in [3.8, 4) is 0 Å². The first-order valence-corrected chi connectivity index (χ1v) is 8.43. The molecule has 3 nitrogen and oxygen atoms in total. The fourth-order valence-electron chi connectivity index (χ4n) is 1.92. The lowest BCUT2D eigenvalue weighted by Gasteiger charge is -2.10. The van der Waals surface area contributed by atoms with Crippen molar-refractivity contribution in [1.82, 2.24) is 9.97 Å². The molecule has 0 saturated carbocycles. The van der Waals surface area contributed by atoms with Gasteiger partial charge in [-0.3, -0.25) is 4.79 Å². The van der Waals surface area contributed by atoms with E-state index in [4.69, 9.17) is 11.6 Å². The number of halogens is 1. The number of carbonyl (C=O) groups excluding carboxylic acids is 1. The third-order valence-electron chi connectivity index (χ3n) is 3.00. The molecular weight excluding hydrogens is 324 g/mol. The van der Waals surface area contributed by atoms with E-state index < -0.39 is 0 Å². The average molecular weight is 335 g/mol. The average Bonchev–Trinajstić information content (AvgIpc) is 2.97. The monoisotopic (exact) mass is 334 g/mol. The first-order valence-electron chi connectivity index (χ1n) is 6.30. The lowest BCUT2D eigenvalue weighted by Crippen LogP contribution is -2.13. The smallest absolute Gasteiger partial charge is 0.175 e. The van der Waals surface area contributed by atoms with Crippen LogP contribution >= 0.6 is 34.7 Å². The van der Waals surface area contributed by atoms with Gasteiger partial charge < -0.3 is 0 Å². The summed E-state index contributed by atoms with van der Waals surface area (Å²) in [5, 5.41) is 3.24. The van der Waals surface area contributed by atoms with Crippen LogP contribution in [0.2, 0.25) is 5.02 Å². The number of aromatic nitrogens is 2. The van der Waals surface area contributed by atoms with Gasteiger partial charge in [0.2, 0.25) is 0 Å². The molecule has 2 aromatic heterocycles. The molecule has 3 rings (SSSR count). The summed E-state index contributed by atoms with van der Waals surface area (Å²) in [6.45, 7) is 1.89. The number of nitrogens with zero attached hydrogens (tertiary/aromatic N) is 2. The Morgan fingerprint density at radius 2 is 2.00 bits per heavy atom. The van der Waals surface area contributed by atoms with Crippen LogP contribution in [0.1, 0.15) is 17.3 Å². The first-order chi connectivity index (χ1) is 10.1. The lowest BCUT2D eigenvalue weighted by molar-refractivity contribution is 0.0994. The number of rotatable bonds is 4. The van der Waals surface area contributed by atoms with E-state index in [0.29, 0.717) is 10.6 Å². The normalized spacial score (nSPS) is 12.5. The van der Waals surface area contributed by atoms with Crippen LogP contribution in [0.5, 0.6) is 0 Å². The molecule has 0 fully saturated rings. The van der Waals surface area contributed by atoms with Crippen LogP contribution in [0.4, 0.5) is 0 Å². The number of carbonyl (C=O) groups is 1. The van der Waals surface area contributed by atoms with Crippen LogP contribution in [-0.4, -0.2) is 21.0 Å². The Morgan fingerprint density at radius 3 is 2.76 bits per heavy atom. The summed E-state index contributed by atoms with van der Waals surface area (Å²) in [7, 11) is 0. The molecule has 2 heterocycles. The quantitative estimate of drug-likeness (QED) is 0.394. The van der Waals surface area contributed by atoms with Gasteiger partial charge in [0.1, 0.15) is 11.4 Å². The molecule has 0 bridgehead atoms. The van der Waals surface area contributed by atoms with Gasteiger partial charge in [0.25, 0.3) is 0 Å². The SMILES string of the molecule is C[C@H](Sc1ncnc2ccsc12)C(=O)c1ccc(Cl)cc1. The summed E-state index contributed by atoms with van der Waals surface area (Å²) in [5.41, 5.74) is 1.58. The zero-order valence-corrected chi connectivity index (χ0v) is 13.5. The molecule has 0 aliphatic heterocycles. The Morgan fingerprint density at radius 1 is 1.24 bits per heavy atom. The van der Waals surface area contributed by atoms with Crippen LogP contribution < -0.4 is 0 Å². The van der Waals surface area contributed by atoms with Crippen LogP contribution in [0.25, 0.3) is 10.2 Å². The Hall–Kier alpha value is -1.43. The molecule has 0 spiro atoms. The van der Waals surface area contributed by atoms with E-state index >= 15 is 0 Å². The van der Waals surface area contributed by atoms with E-state index in [1.54, 1.807) is 35.6 Å². The summed E-state index contributed by atoms with van der Waals surface area (Å²) in [4.78, 5) is 20.9. The molecule has 0 amide bonds. The fraction of sp³-hybridized carbons (Fsp3) is 0.133. The van der Waals surface area contributed by atoms with E-state index in [1.165, 1.54) is 18.1 Å². The van der Waals surface area contributed by atoms with E-state index in [-0.39, 0.29) is 11.0 Å². The van der Waals surface area contributed by atoms with Gasteiger partial charge in [-0.25, -0.2) is 9.97 Å². The first kappa shape index (κ1) is 14.5. The molecule has 106 valence electrons. The minimum atomic E-state index is -0.216. The molecule has 0 saturated heterocycles. The lowest BCUT2D eigenvalue weighted by atomic mass is 10.1. The van der Waals surface area contributed by atoms with E-state index in [9.17, 15) is 4.79 Å². The maximum Gasteiger partial charge on any atom is 0.175 e. The zero-order chi connectivity index (χ0) is 14.8. The molecule has 6 heteroatoms. The number of thiophene rings is 1. The molecule has 0 N–H and O–H groups in total. The standard InChI is InChI=1S/C15H11ClN2OS2/c1-9(13(19)10-2-4-11(16)5-3-10)21-15-14-12(6-7-20-14)17-8-18-15/h2-9H,1H3/t9-/m0/s1. The number of thioether (sulfide) groups is 1. The predicted octanol–water partition coefficient (Wildman–Crippen LogP) is 4.71. The number of fused-ring (bicyclic) bond motifs is 1. The minimum absolute atomic E-state index is 0.0694. The topological polar surface area (TPSA) is 42.9 Å². The third kappa shape index (κ3) is 3.10. The van der Waals surface area contributed by atoms with Crippen molar-refractivity contribution >= 4 is 50.7 Å². The largest absolute Gasteiger partial charge is 0.293 e. The van der Waals surface area contributed by atoms with Gasteiger partial charge in [-0.05, 0) is 42.6 Å². The molecular formula is C15H11ClN2OS2. The van der Waals surface area contributed by atoms with Crippen molar-refractivity contribution in [3.05, 3.63) is 52.6 Å². The highest BCUT2D eigenvalue weighted by molar-refractivity contribution is 8.00. The molecule has 1 aromatic carbocycles. The second-order valence-electron chi connectivity index (χ2n) is 4.45. The second-order valence-corrected chi connectivity index (χ2v) is 7.13. The Labute approximate surface area is 135 Å². The predicted molar refractivity (Wildman–Crippen MR) is 88.5 cm³/mol. The highest BCUT2D eigenvalue weighted by Gasteiger charge is 2.18. The Balaban J connectivity index is 1.82. The summed E-state index contributed by atoms with van der Waals surface area (Å²) in [6, 6.07) is 8.92.